The Bertz CT molecular complexity index is 668. The number of hydrogen-bond donors (Lipinski definition) is 1. The van der Waals surface area contributed by atoms with E-state index in [1.165, 1.54) is 10.6 Å². The second kappa shape index (κ2) is 6.72. The number of carbonyl (C=O) groups excluding carboxylic acids is 1. The highest BCUT2D eigenvalue weighted by Crippen LogP contribution is 2.09. The fraction of sp³-hybridized carbons (Fsp3) is 0.143. The summed E-state index contributed by atoms with van der Waals surface area (Å²) in [5.74, 6) is -0.222. The van der Waals surface area contributed by atoms with Crippen LogP contribution in [0.25, 0.3) is 0 Å². The Labute approximate surface area is 129 Å². The first kappa shape index (κ1) is 14.8. The summed E-state index contributed by atoms with van der Waals surface area (Å²) in [5, 5.41) is 3.41. The molecule has 2 rings (SSSR count). The lowest BCUT2D eigenvalue weighted by molar-refractivity contribution is -0.121. The minimum absolute atomic E-state index is 0.00807. The second-order valence-corrected chi connectivity index (χ2v) is 5.57. The Morgan fingerprint density at radius 2 is 1.90 bits per heavy atom. The Hall–Kier alpha value is -1.59. The molecule has 4 nitrogen and oxygen atoms in total. The summed E-state index contributed by atoms with van der Waals surface area (Å²) >= 11 is 9.05. The maximum atomic E-state index is 11.8. The van der Waals surface area contributed by atoms with Gasteiger partial charge < -0.3 is 9.88 Å². The summed E-state index contributed by atoms with van der Waals surface area (Å²) in [4.78, 5) is 23.4. The summed E-state index contributed by atoms with van der Waals surface area (Å²) in [6.07, 6.45) is 1.59. The molecule has 1 aromatic carbocycles. The third-order valence-electron chi connectivity index (χ3n) is 2.66. The standard InChI is InChI=1S/C14H12BrClN2O2/c15-11-3-6-14(20)18(8-11)9-13(19)17-7-10-1-4-12(16)5-2-10/h1-6,8H,7,9H2,(H,17,19). The first-order chi connectivity index (χ1) is 9.54. The van der Waals surface area contributed by atoms with Crippen molar-refractivity contribution in [2.24, 2.45) is 0 Å². The number of halogens is 2. The smallest absolute Gasteiger partial charge is 0.251 e. The molecule has 1 heterocycles. The number of pyridine rings is 1. The van der Waals surface area contributed by atoms with E-state index in [4.69, 9.17) is 11.6 Å². The number of nitrogens with one attached hydrogen (secondary N) is 1. The van der Waals surface area contributed by atoms with E-state index >= 15 is 0 Å². The molecular formula is C14H12BrClN2O2. The van der Waals surface area contributed by atoms with Gasteiger partial charge in [0.2, 0.25) is 5.91 Å². The van der Waals surface area contributed by atoms with Crippen molar-refractivity contribution >= 4 is 33.4 Å². The van der Waals surface area contributed by atoms with Crippen molar-refractivity contribution in [1.29, 1.82) is 0 Å². The van der Waals surface area contributed by atoms with Crippen LogP contribution in [0.4, 0.5) is 0 Å². The normalized spacial score (nSPS) is 10.3. The van der Waals surface area contributed by atoms with Gasteiger partial charge in [-0.2, -0.15) is 0 Å². The van der Waals surface area contributed by atoms with Gasteiger partial charge in [0.25, 0.3) is 5.56 Å². The van der Waals surface area contributed by atoms with E-state index in [2.05, 4.69) is 21.2 Å². The van der Waals surface area contributed by atoms with Crippen LogP contribution in [0.1, 0.15) is 5.56 Å². The zero-order chi connectivity index (χ0) is 14.5. The van der Waals surface area contributed by atoms with Crippen LogP contribution in [-0.4, -0.2) is 10.5 Å². The van der Waals surface area contributed by atoms with Gasteiger partial charge in [-0.15, -0.1) is 0 Å². The number of nitrogens with zero attached hydrogens (tertiary/aromatic N) is 1. The van der Waals surface area contributed by atoms with E-state index in [-0.39, 0.29) is 18.0 Å². The van der Waals surface area contributed by atoms with Crippen LogP contribution in [0, 0.1) is 0 Å². The molecule has 1 N–H and O–H groups in total. The molecule has 6 heteroatoms. The average Bonchev–Trinajstić information content (AvgIpc) is 2.42. The molecule has 0 radical (unpaired) electrons. The third kappa shape index (κ3) is 4.21. The molecular weight excluding hydrogens is 344 g/mol. The van der Waals surface area contributed by atoms with E-state index in [1.54, 1.807) is 24.4 Å². The summed E-state index contributed by atoms with van der Waals surface area (Å²) < 4.78 is 2.10. The molecule has 104 valence electrons. The predicted octanol–water partition coefficient (Wildman–Crippen LogP) is 2.58. The fourth-order valence-corrected chi connectivity index (χ4v) is 2.14. The fourth-order valence-electron chi connectivity index (χ4n) is 1.64. The van der Waals surface area contributed by atoms with E-state index in [0.717, 1.165) is 10.0 Å². The van der Waals surface area contributed by atoms with Gasteiger partial charge >= 0.3 is 0 Å². The van der Waals surface area contributed by atoms with Gasteiger partial charge in [-0.05, 0) is 39.7 Å². The first-order valence-electron chi connectivity index (χ1n) is 5.92. The van der Waals surface area contributed by atoms with Crippen LogP contribution in [0.5, 0.6) is 0 Å². The molecule has 2 aromatic rings. The predicted molar refractivity (Wildman–Crippen MR) is 81.7 cm³/mol. The highest BCUT2D eigenvalue weighted by atomic mass is 79.9. The molecule has 0 unspecified atom stereocenters. The molecule has 0 atom stereocenters. The second-order valence-electron chi connectivity index (χ2n) is 4.22. The molecule has 0 bridgehead atoms. The first-order valence-corrected chi connectivity index (χ1v) is 7.09. The zero-order valence-electron chi connectivity index (χ0n) is 10.5. The van der Waals surface area contributed by atoms with Crippen LogP contribution in [0.2, 0.25) is 5.02 Å². The molecule has 0 aliphatic carbocycles. The monoisotopic (exact) mass is 354 g/mol. The Morgan fingerprint density at radius 3 is 2.60 bits per heavy atom. The van der Waals surface area contributed by atoms with E-state index in [1.807, 2.05) is 12.1 Å². The Morgan fingerprint density at radius 1 is 1.20 bits per heavy atom. The van der Waals surface area contributed by atoms with Gasteiger partial charge in [0.05, 0.1) is 0 Å². The van der Waals surface area contributed by atoms with Gasteiger partial charge in [0.15, 0.2) is 0 Å². The summed E-state index contributed by atoms with van der Waals surface area (Å²) in [6, 6.07) is 10.3. The third-order valence-corrected chi connectivity index (χ3v) is 3.39. The molecule has 0 aliphatic heterocycles. The molecule has 0 spiro atoms. The minimum Gasteiger partial charge on any atom is -0.350 e. The number of aromatic nitrogens is 1. The molecule has 0 saturated carbocycles. The molecule has 1 amide bonds. The van der Waals surface area contributed by atoms with Crippen LogP contribution in [0.3, 0.4) is 0 Å². The van der Waals surface area contributed by atoms with Crippen molar-refractivity contribution in [3.05, 3.63) is 68.0 Å². The largest absolute Gasteiger partial charge is 0.350 e. The lowest BCUT2D eigenvalue weighted by Crippen LogP contribution is -2.31. The average molecular weight is 356 g/mol. The highest BCUT2D eigenvalue weighted by Gasteiger charge is 2.04. The van der Waals surface area contributed by atoms with Gasteiger partial charge in [0.1, 0.15) is 6.54 Å². The number of hydrogen-bond acceptors (Lipinski definition) is 2. The maximum Gasteiger partial charge on any atom is 0.251 e. The van der Waals surface area contributed by atoms with E-state index in [0.29, 0.717) is 11.6 Å². The minimum atomic E-state index is -0.222. The zero-order valence-corrected chi connectivity index (χ0v) is 12.8. The maximum absolute atomic E-state index is 11.8. The molecule has 0 aliphatic rings. The quantitative estimate of drug-likeness (QED) is 0.916. The molecule has 0 saturated heterocycles. The number of carbonyl (C=O) groups is 1. The van der Waals surface area contributed by atoms with Crippen LogP contribution in [-0.2, 0) is 17.9 Å². The van der Waals surface area contributed by atoms with Crippen LogP contribution < -0.4 is 10.9 Å². The van der Waals surface area contributed by atoms with Gasteiger partial charge in [-0.1, -0.05) is 23.7 Å². The SMILES string of the molecule is O=C(Cn1cc(Br)ccc1=O)NCc1ccc(Cl)cc1. The number of benzene rings is 1. The Kier molecular flexibility index (Phi) is 4.98. The number of rotatable bonds is 4. The van der Waals surface area contributed by atoms with Crippen LogP contribution >= 0.6 is 27.5 Å². The lowest BCUT2D eigenvalue weighted by Gasteiger charge is -2.08. The van der Waals surface area contributed by atoms with Crippen molar-refractivity contribution in [3.8, 4) is 0 Å². The van der Waals surface area contributed by atoms with Crippen LogP contribution in [0.15, 0.2) is 51.9 Å². The van der Waals surface area contributed by atoms with E-state index < -0.39 is 0 Å². The van der Waals surface area contributed by atoms with Crippen molar-refractivity contribution in [2.75, 3.05) is 0 Å². The molecule has 0 fully saturated rings. The number of amides is 1. The summed E-state index contributed by atoms with van der Waals surface area (Å²) in [7, 11) is 0. The Balaban J connectivity index is 1.94. The molecule has 20 heavy (non-hydrogen) atoms. The lowest BCUT2D eigenvalue weighted by atomic mass is 10.2. The molecule has 1 aromatic heterocycles. The van der Waals surface area contributed by atoms with Gasteiger partial charge in [0, 0.05) is 28.3 Å². The van der Waals surface area contributed by atoms with Crippen molar-refractivity contribution in [2.45, 2.75) is 13.1 Å². The summed E-state index contributed by atoms with van der Waals surface area (Å²) in [5.41, 5.74) is 0.735. The van der Waals surface area contributed by atoms with Gasteiger partial charge in [-0.25, -0.2) is 0 Å². The van der Waals surface area contributed by atoms with Crippen molar-refractivity contribution in [3.63, 3.8) is 0 Å². The highest BCUT2D eigenvalue weighted by molar-refractivity contribution is 9.10. The summed E-state index contributed by atoms with van der Waals surface area (Å²) in [6.45, 7) is 0.393. The van der Waals surface area contributed by atoms with E-state index in [9.17, 15) is 9.59 Å². The van der Waals surface area contributed by atoms with Crippen molar-refractivity contribution in [1.82, 2.24) is 9.88 Å². The topological polar surface area (TPSA) is 51.1 Å². The van der Waals surface area contributed by atoms with Gasteiger partial charge in [-0.3, -0.25) is 9.59 Å². The van der Waals surface area contributed by atoms with Crippen molar-refractivity contribution < 1.29 is 4.79 Å².